The molecule has 1 amide bonds. The molecule has 0 radical (unpaired) electrons. The number of fused-ring (bicyclic) bond motifs is 2. The van der Waals surface area contributed by atoms with Gasteiger partial charge in [-0.15, -0.1) is 0 Å². The summed E-state index contributed by atoms with van der Waals surface area (Å²) in [6.45, 7) is 4.74. The fraction of sp³-hybridized carbons (Fsp3) is 0.708. The summed E-state index contributed by atoms with van der Waals surface area (Å²) in [5.41, 5.74) is 3.55. The van der Waals surface area contributed by atoms with E-state index in [9.17, 15) is 4.79 Å². The number of rotatable bonds is 5. The maximum absolute atomic E-state index is 12.7. The molecular formula is C24H35N5O. The first-order chi connectivity index (χ1) is 14.7. The Bertz CT molecular complexity index is 894. The van der Waals surface area contributed by atoms with Gasteiger partial charge in [-0.3, -0.25) is 4.79 Å². The van der Waals surface area contributed by atoms with Crippen LogP contribution in [0.15, 0.2) is 12.3 Å². The largest absolute Gasteiger partial charge is 0.355 e. The Kier molecular flexibility index (Phi) is 5.66. The Labute approximate surface area is 179 Å². The van der Waals surface area contributed by atoms with Gasteiger partial charge in [0.25, 0.3) is 0 Å². The number of amides is 1. The quantitative estimate of drug-likeness (QED) is 0.764. The monoisotopic (exact) mass is 409 g/mol. The third kappa shape index (κ3) is 3.81. The third-order valence-electron chi connectivity index (χ3n) is 7.70. The second-order valence-corrected chi connectivity index (χ2v) is 9.66. The van der Waals surface area contributed by atoms with E-state index in [0.29, 0.717) is 5.92 Å². The number of aryl methyl sites for hydroxylation is 1. The zero-order chi connectivity index (χ0) is 20.5. The van der Waals surface area contributed by atoms with Crippen LogP contribution in [0.3, 0.4) is 0 Å². The summed E-state index contributed by atoms with van der Waals surface area (Å²) in [6, 6.07) is 2.00. The lowest BCUT2D eigenvalue weighted by Crippen LogP contribution is -2.55. The number of hydrogen-bond donors (Lipinski definition) is 1. The normalized spacial score (nSPS) is 23.1. The van der Waals surface area contributed by atoms with Crippen LogP contribution in [0.25, 0.3) is 5.65 Å². The molecule has 1 atom stereocenters. The van der Waals surface area contributed by atoms with Crippen LogP contribution in [0.4, 0.5) is 5.82 Å². The molecule has 3 heterocycles. The second kappa shape index (κ2) is 8.56. The second-order valence-electron chi connectivity index (χ2n) is 9.66. The molecule has 3 aliphatic rings. The SMILES string of the molecule is CCC1CCc2nc3ccnn3c(N3CC(C(=O)NCC4CCCCC4)C3)c2CC1. The molecule has 30 heavy (non-hydrogen) atoms. The van der Waals surface area contributed by atoms with E-state index in [1.165, 1.54) is 68.4 Å². The predicted octanol–water partition coefficient (Wildman–Crippen LogP) is 3.77. The van der Waals surface area contributed by atoms with Crippen molar-refractivity contribution >= 4 is 17.4 Å². The van der Waals surface area contributed by atoms with E-state index < -0.39 is 0 Å². The van der Waals surface area contributed by atoms with E-state index in [4.69, 9.17) is 4.98 Å². The molecule has 2 aromatic rings. The average Bonchev–Trinajstić information content (AvgIpc) is 3.11. The minimum Gasteiger partial charge on any atom is -0.355 e. The van der Waals surface area contributed by atoms with Gasteiger partial charge in [0.1, 0.15) is 5.82 Å². The summed E-state index contributed by atoms with van der Waals surface area (Å²) in [7, 11) is 0. The van der Waals surface area contributed by atoms with Crippen molar-refractivity contribution in [1.82, 2.24) is 19.9 Å². The first kappa shape index (κ1) is 19.8. The van der Waals surface area contributed by atoms with Crippen LogP contribution >= 0.6 is 0 Å². The minimum atomic E-state index is 0.0946. The minimum absolute atomic E-state index is 0.0946. The molecule has 0 spiro atoms. The van der Waals surface area contributed by atoms with E-state index in [0.717, 1.165) is 44.0 Å². The molecule has 6 nitrogen and oxygen atoms in total. The van der Waals surface area contributed by atoms with Gasteiger partial charge in [0, 0.05) is 37.0 Å². The molecule has 1 unspecified atom stereocenters. The van der Waals surface area contributed by atoms with Crippen molar-refractivity contribution < 1.29 is 4.79 Å². The summed E-state index contributed by atoms with van der Waals surface area (Å²) >= 11 is 0. The molecule has 0 aromatic carbocycles. The van der Waals surface area contributed by atoms with Crippen molar-refractivity contribution in [2.75, 3.05) is 24.5 Å². The number of nitrogens with one attached hydrogen (secondary N) is 1. The molecule has 1 saturated carbocycles. The number of aromatic nitrogens is 3. The smallest absolute Gasteiger partial charge is 0.226 e. The van der Waals surface area contributed by atoms with Crippen molar-refractivity contribution in [1.29, 1.82) is 0 Å². The lowest BCUT2D eigenvalue weighted by Gasteiger charge is -2.41. The molecule has 162 valence electrons. The van der Waals surface area contributed by atoms with Gasteiger partial charge in [0.2, 0.25) is 5.91 Å². The topological polar surface area (TPSA) is 62.5 Å². The van der Waals surface area contributed by atoms with Crippen LogP contribution in [-0.4, -0.2) is 40.1 Å². The molecule has 5 rings (SSSR count). The maximum Gasteiger partial charge on any atom is 0.226 e. The lowest BCUT2D eigenvalue weighted by molar-refractivity contribution is -0.126. The molecule has 1 aliphatic heterocycles. The number of carbonyl (C=O) groups excluding carboxylic acids is 1. The number of hydrogen-bond acceptors (Lipinski definition) is 4. The van der Waals surface area contributed by atoms with Crippen LogP contribution in [0.5, 0.6) is 0 Å². The lowest BCUT2D eigenvalue weighted by atomic mass is 9.89. The summed E-state index contributed by atoms with van der Waals surface area (Å²) < 4.78 is 2.00. The summed E-state index contributed by atoms with van der Waals surface area (Å²) in [6.07, 6.45) is 14.2. The van der Waals surface area contributed by atoms with Crippen LogP contribution in [0.2, 0.25) is 0 Å². The van der Waals surface area contributed by atoms with E-state index >= 15 is 0 Å². The average molecular weight is 410 g/mol. The maximum atomic E-state index is 12.7. The molecule has 2 aromatic heterocycles. The van der Waals surface area contributed by atoms with Crippen molar-refractivity contribution in [3.8, 4) is 0 Å². The molecule has 1 N–H and O–H groups in total. The number of nitrogens with zero attached hydrogens (tertiary/aromatic N) is 4. The molecule has 2 fully saturated rings. The highest BCUT2D eigenvalue weighted by Gasteiger charge is 2.36. The van der Waals surface area contributed by atoms with E-state index in [-0.39, 0.29) is 11.8 Å². The van der Waals surface area contributed by atoms with Gasteiger partial charge in [0.05, 0.1) is 12.1 Å². The van der Waals surface area contributed by atoms with Crippen molar-refractivity contribution in [2.24, 2.45) is 17.8 Å². The summed E-state index contributed by atoms with van der Waals surface area (Å²) in [4.78, 5) is 20.0. The summed E-state index contributed by atoms with van der Waals surface area (Å²) in [5.74, 6) is 2.99. The standard InChI is InChI=1S/C24H35N5O/c1-2-17-8-10-20-21(11-9-17)27-22-12-13-26-29(22)24(20)28-15-19(16-28)23(30)25-14-18-6-4-3-5-7-18/h12-13,17-19H,2-11,14-16H2,1H3,(H,25,30). The molecule has 2 aliphatic carbocycles. The molecule has 1 saturated heterocycles. The highest BCUT2D eigenvalue weighted by atomic mass is 16.2. The van der Waals surface area contributed by atoms with Crippen molar-refractivity contribution in [3.63, 3.8) is 0 Å². The van der Waals surface area contributed by atoms with Crippen molar-refractivity contribution in [2.45, 2.75) is 71.1 Å². The first-order valence-corrected chi connectivity index (χ1v) is 12.1. The molecular weight excluding hydrogens is 374 g/mol. The number of anilines is 1. The summed E-state index contributed by atoms with van der Waals surface area (Å²) in [5, 5.41) is 7.82. The van der Waals surface area contributed by atoms with Gasteiger partial charge < -0.3 is 10.2 Å². The predicted molar refractivity (Wildman–Crippen MR) is 119 cm³/mol. The van der Waals surface area contributed by atoms with E-state index in [2.05, 4.69) is 22.2 Å². The van der Waals surface area contributed by atoms with Gasteiger partial charge in [0.15, 0.2) is 5.65 Å². The first-order valence-electron chi connectivity index (χ1n) is 12.1. The van der Waals surface area contributed by atoms with Gasteiger partial charge in [-0.1, -0.05) is 32.6 Å². The third-order valence-corrected chi connectivity index (χ3v) is 7.70. The Morgan fingerprint density at radius 2 is 1.90 bits per heavy atom. The zero-order valence-corrected chi connectivity index (χ0v) is 18.3. The fourth-order valence-electron chi connectivity index (χ4n) is 5.63. The zero-order valence-electron chi connectivity index (χ0n) is 18.3. The van der Waals surface area contributed by atoms with Gasteiger partial charge >= 0.3 is 0 Å². The molecule has 6 heteroatoms. The Morgan fingerprint density at radius 3 is 2.70 bits per heavy atom. The highest BCUT2D eigenvalue weighted by Crippen LogP contribution is 2.35. The van der Waals surface area contributed by atoms with Gasteiger partial charge in [-0.05, 0) is 50.4 Å². The van der Waals surface area contributed by atoms with Crippen LogP contribution in [-0.2, 0) is 17.6 Å². The van der Waals surface area contributed by atoms with E-state index in [1.54, 1.807) is 0 Å². The fourth-order valence-corrected chi connectivity index (χ4v) is 5.63. The Hall–Kier alpha value is -2.11. The molecule has 0 bridgehead atoms. The highest BCUT2D eigenvalue weighted by molar-refractivity contribution is 5.82. The van der Waals surface area contributed by atoms with Crippen LogP contribution in [0.1, 0.15) is 69.5 Å². The van der Waals surface area contributed by atoms with Crippen LogP contribution in [0, 0.1) is 17.8 Å². The van der Waals surface area contributed by atoms with Gasteiger partial charge in [-0.2, -0.15) is 9.61 Å². The Morgan fingerprint density at radius 1 is 1.10 bits per heavy atom. The van der Waals surface area contributed by atoms with Gasteiger partial charge in [-0.25, -0.2) is 4.98 Å². The number of carbonyl (C=O) groups is 1. The van der Waals surface area contributed by atoms with Crippen molar-refractivity contribution in [3.05, 3.63) is 23.5 Å². The Balaban J connectivity index is 1.28. The van der Waals surface area contributed by atoms with Crippen LogP contribution < -0.4 is 10.2 Å². The van der Waals surface area contributed by atoms with E-state index in [1.807, 2.05) is 16.8 Å².